The van der Waals surface area contributed by atoms with Crippen molar-refractivity contribution in [2.75, 3.05) is 6.54 Å². The van der Waals surface area contributed by atoms with Gasteiger partial charge in [0.1, 0.15) is 0 Å². The Hall–Kier alpha value is 0.837. The van der Waals surface area contributed by atoms with Crippen molar-refractivity contribution in [3.8, 4) is 0 Å². The molecule has 2 rings (SSSR count). The van der Waals surface area contributed by atoms with Crippen molar-refractivity contribution >= 4 is 35.1 Å². The van der Waals surface area contributed by atoms with E-state index >= 15 is 0 Å². The van der Waals surface area contributed by atoms with Gasteiger partial charge >= 0.3 is 0 Å². The number of nitrogens with one attached hydrogen (secondary N) is 1. The zero-order valence-electron chi connectivity index (χ0n) is 10.3. The van der Waals surface area contributed by atoms with Crippen LogP contribution in [-0.4, -0.2) is 31.9 Å². The van der Waals surface area contributed by atoms with Crippen LogP contribution in [0.5, 0.6) is 0 Å². The van der Waals surface area contributed by atoms with Gasteiger partial charge < -0.3 is 10.4 Å². The molecule has 0 unspecified atom stereocenters. The fourth-order valence-corrected chi connectivity index (χ4v) is 7.28. The lowest BCUT2D eigenvalue weighted by Gasteiger charge is -2.27. The fraction of sp³-hybridized carbons (Fsp3) is 1.00. The molecule has 2 aliphatic heterocycles. The maximum atomic E-state index is 10.1. The van der Waals surface area contributed by atoms with E-state index in [0.717, 1.165) is 12.6 Å². The number of aliphatic hydroxyl groups excluding tert-OH is 1. The molecule has 16 heavy (non-hydrogen) atoms. The number of hydrogen-bond acceptors (Lipinski definition) is 2. The molecule has 2 aliphatic rings. The van der Waals surface area contributed by atoms with Crippen LogP contribution < -0.4 is 5.32 Å². The minimum atomic E-state index is -1.01. The Morgan fingerprint density at radius 2 is 1.88 bits per heavy atom. The van der Waals surface area contributed by atoms with Gasteiger partial charge in [-0.15, -0.1) is 0 Å². The molecule has 0 aliphatic carbocycles. The molecule has 98 valence electrons. The van der Waals surface area contributed by atoms with Gasteiger partial charge in [-0.05, 0) is 25.4 Å². The number of hydrogen-bond donors (Lipinski definition) is 2. The van der Waals surface area contributed by atoms with E-state index in [1.54, 1.807) is 0 Å². The van der Waals surface area contributed by atoms with Crippen LogP contribution >= 0.6 is 27.0 Å². The Bertz CT molecular complexity index is 194. The van der Waals surface area contributed by atoms with E-state index in [2.05, 4.69) is 11.9 Å². The first-order valence-electron chi connectivity index (χ1n) is 6.11. The summed E-state index contributed by atoms with van der Waals surface area (Å²) >= 11 is 0. The van der Waals surface area contributed by atoms with Gasteiger partial charge in [0.25, 0.3) is 0 Å². The summed E-state index contributed by atoms with van der Waals surface area (Å²) in [4.78, 5) is 0. The summed E-state index contributed by atoms with van der Waals surface area (Å²) < 4.78 is 0. The molecule has 0 saturated carbocycles. The van der Waals surface area contributed by atoms with Gasteiger partial charge in [0.15, 0.2) is 0 Å². The highest BCUT2D eigenvalue weighted by Gasteiger charge is 2.35. The summed E-state index contributed by atoms with van der Waals surface area (Å²) in [5.41, 5.74) is 0. The predicted octanol–water partition coefficient (Wildman–Crippen LogP) is 2.20. The van der Waals surface area contributed by atoms with Crippen LogP contribution in [0.4, 0.5) is 0 Å². The van der Waals surface area contributed by atoms with Gasteiger partial charge in [0, 0.05) is 6.04 Å². The molecule has 0 amide bonds. The third kappa shape index (κ3) is 4.26. The summed E-state index contributed by atoms with van der Waals surface area (Å²) in [6, 6.07) is 4.47. The van der Waals surface area contributed by atoms with Crippen molar-refractivity contribution in [3.63, 3.8) is 0 Å². The summed E-state index contributed by atoms with van der Waals surface area (Å²) in [6.45, 7) is 3.60. The Balaban J connectivity index is 0.00000112. The average Bonchev–Trinajstić information content (AvgIpc) is 2.74. The van der Waals surface area contributed by atoms with E-state index in [4.69, 9.17) is 0 Å². The second-order valence-electron chi connectivity index (χ2n) is 5.49. The lowest BCUT2D eigenvalue weighted by molar-refractivity contribution is 0.152. The summed E-state index contributed by atoms with van der Waals surface area (Å²) in [5.74, 6) is 0. The van der Waals surface area contributed by atoms with Crippen LogP contribution in [0.3, 0.4) is 0 Å². The molecule has 2 N–H and O–H groups in total. The molecule has 5 heteroatoms. The smallest absolute Gasteiger partial charge is 0.0670 e. The lowest BCUT2D eigenvalue weighted by atomic mass is 10.1. The van der Waals surface area contributed by atoms with Gasteiger partial charge in [-0.1, -0.05) is 31.5 Å². The van der Waals surface area contributed by atoms with E-state index in [9.17, 15) is 5.11 Å². The molecule has 0 bridgehead atoms. The Morgan fingerprint density at radius 1 is 1.25 bits per heavy atom. The normalized spacial score (nSPS) is 29.2. The third-order valence-electron chi connectivity index (χ3n) is 4.08. The van der Waals surface area contributed by atoms with E-state index in [-0.39, 0.29) is 33.1 Å². The molecule has 2 nitrogen and oxygen atoms in total. The first kappa shape index (κ1) is 16.8. The predicted molar refractivity (Wildman–Crippen MR) is 83.1 cm³/mol. The first-order chi connectivity index (χ1) is 6.70. The second kappa shape index (κ2) is 7.31. The van der Waals surface area contributed by atoms with Crippen LogP contribution in [0.1, 0.15) is 25.7 Å². The maximum absolute atomic E-state index is 10.1. The first-order valence-corrected chi connectivity index (χ1v) is 9.23. The van der Waals surface area contributed by atoms with Gasteiger partial charge in [-0.2, -0.15) is 27.0 Å². The average molecular weight is 282 g/mol. The SMILES string of the molecule is C[Si]1(C[C@@H](O)[C@@H]2CCCN2)CCCC1.S.S. The molecule has 2 fully saturated rings. The second-order valence-corrected chi connectivity index (χ2v) is 10.5. The van der Waals surface area contributed by atoms with Crippen molar-refractivity contribution in [2.24, 2.45) is 0 Å². The van der Waals surface area contributed by atoms with E-state index < -0.39 is 8.07 Å². The van der Waals surface area contributed by atoms with Crippen molar-refractivity contribution in [1.82, 2.24) is 5.32 Å². The summed E-state index contributed by atoms with van der Waals surface area (Å²) in [5, 5.41) is 13.6. The molecule has 2 atom stereocenters. The Kier molecular flexibility index (Phi) is 7.69. The van der Waals surface area contributed by atoms with E-state index in [0.29, 0.717) is 6.04 Å². The summed E-state index contributed by atoms with van der Waals surface area (Å²) in [7, 11) is -1.01. The van der Waals surface area contributed by atoms with Crippen LogP contribution in [0.15, 0.2) is 0 Å². The van der Waals surface area contributed by atoms with E-state index in [1.165, 1.54) is 37.8 Å². The van der Waals surface area contributed by atoms with Gasteiger partial charge in [0.2, 0.25) is 0 Å². The van der Waals surface area contributed by atoms with Crippen molar-refractivity contribution in [2.45, 2.75) is 62.5 Å². The summed E-state index contributed by atoms with van der Waals surface area (Å²) in [6.07, 6.45) is 5.24. The Labute approximate surface area is 114 Å². The van der Waals surface area contributed by atoms with E-state index in [1.807, 2.05) is 0 Å². The molecule has 2 heterocycles. The van der Waals surface area contributed by atoms with Crippen LogP contribution in [0.25, 0.3) is 0 Å². The van der Waals surface area contributed by atoms with Crippen molar-refractivity contribution in [1.29, 1.82) is 0 Å². The molecule has 0 aromatic heterocycles. The van der Waals surface area contributed by atoms with Crippen LogP contribution in [0, 0.1) is 0 Å². The third-order valence-corrected chi connectivity index (χ3v) is 8.60. The molecule has 2 saturated heterocycles. The standard InChI is InChI=1S/C11H23NOSi.2H2S/c1-14(7-2-3-8-14)9-11(13)10-5-4-6-12-10;;/h10-13H,2-9H2,1H3;2*1H2/t10-,11+;;/m0../s1. The minimum Gasteiger partial charge on any atom is -0.392 e. The van der Waals surface area contributed by atoms with Crippen molar-refractivity contribution in [3.05, 3.63) is 0 Å². The van der Waals surface area contributed by atoms with Gasteiger partial charge in [-0.25, -0.2) is 0 Å². The quantitative estimate of drug-likeness (QED) is 0.777. The molecule has 0 radical (unpaired) electrons. The fourth-order valence-electron chi connectivity index (χ4n) is 3.12. The molecular weight excluding hydrogens is 254 g/mol. The van der Waals surface area contributed by atoms with Gasteiger partial charge in [0.05, 0.1) is 14.2 Å². The number of aliphatic hydroxyl groups is 1. The Morgan fingerprint density at radius 3 is 2.38 bits per heavy atom. The van der Waals surface area contributed by atoms with Gasteiger partial charge in [-0.3, -0.25) is 0 Å². The largest absolute Gasteiger partial charge is 0.392 e. The minimum absolute atomic E-state index is 0. The zero-order valence-corrected chi connectivity index (χ0v) is 13.3. The highest BCUT2D eigenvalue weighted by molar-refractivity contribution is 7.59. The molecule has 0 aromatic carbocycles. The lowest BCUT2D eigenvalue weighted by Crippen LogP contribution is -2.41. The topological polar surface area (TPSA) is 32.3 Å². The highest BCUT2D eigenvalue weighted by Crippen LogP contribution is 2.35. The molecule has 0 aromatic rings. The van der Waals surface area contributed by atoms with Crippen LogP contribution in [0.2, 0.25) is 24.7 Å². The van der Waals surface area contributed by atoms with Crippen LogP contribution in [-0.2, 0) is 0 Å². The molecule has 0 spiro atoms. The monoisotopic (exact) mass is 281 g/mol. The molecular formula is C11H27NOS2Si. The maximum Gasteiger partial charge on any atom is 0.0670 e. The zero-order chi connectivity index (χ0) is 10.0. The van der Waals surface area contributed by atoms with Crippen molar-refractivity contribution < 1.29 is 5.11 Å². The number of rotatable bonds is 3. The highest BCUT2D eigenvalue weighted by atomic mass is 32.1.